The van der Waals surface area contributed by atoms with Crippen LogP contribution in [0.25, 0.3) is 0 Å². The van der Waals surface area contributed by atoms with E-state index in [4.69, 9.17) is 9.47 Å². The van der Waals surface area contributed by atoms with Crippen molar-refractivity contribution in [1.29, 1.82) is 0 Å². The molecule has 0 saturated carbocycles. The van der Waals surface area contributed by atoms with Crippen LogP contribution in [0.4, 0.5) is 0 Å². The SMILES string of the molecule is C=CCCOC1CCOC(c2ccccc2)C1. The van der Waals surface area contributed by atoms with E-state index in [1.165, 1.54) is 5.56 Å². The highest BCUT2D eigenvalue weighted by Gasteiger charge is 2.23. The van der Waals surface area contributed by atoms with Gasteiger partial charge in [-0.05, 0) is 18.4 Å². The average Bonchev–Trinajstić information content (AvgIpc) is 2.41. The summed E-state index contributed by atoms with van der Waals surface area (Å²) in [5, 5.41) is 0. The average molecular weight is 232 g/mol. The van der Waals surface area contributed by atoms with Gasteiger partial charge in [0.05, 0.1) is 18.8 Å². The zero-order valence-electron chi connectivity index (χ0n) is 10.2. The maximum atomic E-state index is 5.82. The lowest BCUT2D eigenvalue weighted by atomic mass is 9.99. The molecule has 1 aliphatic rings. The summed E-state index contributed by atoms with van der Waals surface area (Å²) in [6.07, 6.45) is 5.30. The number of hydrogen-bond donors (Lipinski definition) is 0. The monoisotopic (exact) mass is 232 g/mol. The first kappa shape index (κ1) is 12.3. The molecule has 2 atom stereocenters. The van der Waals surface area contributed by atoms with Gasteiger partial charge in [0, 0.05) is 13.0 Å². The zero-order chi connectivity index (χ0) is 11.9. The van der Waals surface area contributed by atoms with Crippen molar-refractivity contribution in [2.75, 3.05) is 13.2 Å². The van der Waals surface area contributed by atoms with Gasteiger partial charge in [-0.25, -0.2) is 0 Å². The Morgan fingerprint density at radius 1 is 1.35 bits per heavy atom. The summed E-state index contributed by atoms with van der Waals surface area (Å²) in [7, 11) is 0. The Morgan fingerprint density at radius 3 is 2.94 bits per heavy atom. The number of rotatable bonds is 5. The maximum absolute atomic E-state index is 5.82. The number of hydrogen-bond acceptors (Lipinski definition) is 2. The highest BCUT2D eigenvalue weighted by atomic mass is 16.5. The summed E-state index contributed by atoms with van der Waals surface area (Å²) >= 11 is 0. The van der Waals surface area contributed by atoms with E-state index in [-0.39, 0.29) is 6.10 Å². The second-order valence-electron chi connectivity index (χ2n) is 4.36. The lowest BCUT2D eigenvalue weighted by Gasteiger charge is -2.29. The molecule has 1 heterocycles. The molecule has 0 radical (unpaired) electrons. The van der Waals surface area contributed by atoms with Crippen LogP contribution >= 0.6 is 0 Å². The molecule has 0 aliphatic carbocycles. The van der Waals surface area contributed by atoms with Crippen molar-refractivity contribution in [2.45, 2.75) is 31.5 Å². The van der Waals surface area contributed by atoms with Gasteiger partial charge >= 0.3 is 0 Å². The molecule has 2 unspecified atom stereocenters. The van der Waals surface area contributed by atoms with E-state index in [1.54, 1.807) is 0 Å². The zero-order valence-corrected chi connectivity index (χ0v) is 10.2. The second kappa shape index (κ2) is 6.58. The Morgan fingerprint density at radius 2 is 2.18 bits per heavy atom. The highest BCUT2D eigenvalue weighted by Crippen LogP contribution is 2.29. The third-order valence-corrected chi connectivity index (χ3v) is 3.08. The van der Waals surface area contributed by atoms with E-state index < -0.39 is 0 Å². The molecule has 92 valence electrons. The third-order valence-electron chi connectivity index (χ3n) is 3.08. The molecule has 2 nitrogen and oxygen atoms in total. The first-order valence-electron chi connectivity index (χ1n) is 6.29. The minimum absolute atomic E-state index is 0.193. The summed E-state index contributed by atoms with van der Waals surface area (Å²) in [6.45, 7) is 5.26. The molecule has 0 bridgehead atoms. The lowest BCUT2D eigenvalue weighted by molar-refractivity contribution is -0.0730. The van der Waals surface area contributed by atoms with Crippen LogP contribution in [0.1, 0.15) is 30.9 Å². The van der Waals surface area contributed by atoms with Gasteiger partial charge in [-0.15, -0.1) is 6.58 Å². The lowest BCUT2D eigenvalue weighted by Crippen LogP contribution is -2.26. The van der Waals surface area contributed by atoms with Crippen LogP contribution in [0.2, 0.25) is 0 Å². The molecule has 1 aromatic rings. The smallest absolute Gasteiger partial charge is 0.0849 e. The van der Waals surface area contributed by atoms with Crippen molar-refractivity contribution in [1.82, 2.24) is 0 Å². The molecule has 0 aromatic heterocycles. The van der Waals surface area contributed by atoms with Crippen LogP contribution in [0.3, 0.4) is 0 Å². The molecular formula is C15H20O2. The maximum Gasteiger partial charge on any atom is 0.0849 e. The summed E-state index contributed by atoms with van der Waals surface area (Å²) in [5.74, 6) is 0. The fourth-order valence-electron chi connectivity index (χ4n) is 2.14. The molecule has 0 N–H and O–H groups in total. The van der Waals surface area contributed by atoms with Gasteiger partial charge in [-0.2, -0.15) is 0 Å². The predicted octanol–water partition coefficient (Wildman–Crippen LogP) is 3.50. The van der Waals surface area contributed by atoms with E-state index in [0.29, 0.717) is 6.10 Å². The minimum atomic E-state index is 0.193. The Labute approximate surface area is 103 Å². The van der Waals surface area contributed by atoms with Crippen molar-refractivity contribution < 1.29 is 9.47 Å². The Kier molecular flexibility index (Phi) is 4.77. The molecule has 1 saturated heterocycles. The van der Waals surface area contributed by atoms with Gasteiger partial charge in [-0.1, -0.05) is 36.4 Å². The van der Waals surface area contributed by atoms with Crippen LogP contribution in [-0.2, 0) is 9.47 Å². The van der Waals surface area contributed by atoms with Gasteiger partial charge in [0.2, 0.25) is 0 Å². The van der Waals surface area contributed by atoms with Gasteiger partial charge in [-0.3, -0.25) is 0 Å². The largest absolute Gasteiger partial charge is 0.378 e. The summed E-state index contributed by atoms with van der Waals surface area (Å²) in [4.78, 5) is 0. The van der Waals surface area contributed by atoms with Crippen LogP contribution in [0.5, 0.6) is 0 Å². The molecule has 0 spiro atoms. The molecule has 2 rings (SSSR count). The Balaban J connectivity index is 1.86. The summed E-state index contributed by atoms with van der Waals surface area (Å²) in [6, 6.07) is 10.4. The first-order valence-corrected chi connectivity index (χ1v) is 6.29. The molecular weight excluding hydrogens is 212 g/mol. The molecule has 17 heavy (non-hydrogen) atoms. The van der Waals surface area contributed by atoms with Crippen molar-refractivity contribution in [3.05, 3.63) is 48.6 Å². The van der Waals surface area contributed by atoms with Crippen LogP contribution in [-0.4, -0.2) is 19.3 Å². The highest BCUT2D eigenvalue weighted by molar-refractivity contribution is 5.18. The molecule has 0 amide bonds. The van der Waals surface area contributed by atoms with Crippen molar-refractivity contribution in [3.63, 3.8) is 0 Å². The molecule has 1 fully saturated rings. The van der Waals surface area contributed by atoms with E-state index in [1.807, 2.05) is 12.1 Å². The first-order chi connectivity index (χ1) is 8.40. The predicted molar refractivity (Wildman–Crippen MR) is 68.9 cm³/mol. The van der Waals surface area contributed by atoms with Crippen LogP contribution in [0.15, 0.2) is 43.0 Å². The summed E-state index contributed by atoms with van der Waals surface area (Å²) < 4.78 is 11.6. The Bertz CT molecular complexity index is 334. The van der Waals surface area contributed by atoms with E-state index in [0.717, 1.165) is 32.5 Å². The minimum Gasteiger partial charge on any atom is -0.378 e. The van der Waals surface area contributed by atoms with Gasteiger partial charge < -0.3 is 9.47 Å². The fraction of sp³-hybridized carbons (Fsp3) is 0.467. The van der Waals surface area contributed by atoms with Crippen LogP contribution < -0.4 is 0 Å². The standard InChI is InChI=1S/C15H20O2/c1-2-3-10-16-14-9-11-17-15(12-14)13-7-5-4-6-8-13/h2,4-8,14-15H,1,3,9-12H2. The summed E-state index contributed by atoms with van der Waals surface area (Å²) in [5.41, 5.74) is 1.25. The quantitative estimate of drug-likeness (QED) is 0.571. The van der Waals surface area contributed by atoms with Gasteiger partial charge in [0.1, 0.15) is 0 Å². The van der Waals surface area contributed by atoms with Gasteiger partial charge in [0.25, 0.3) is 0 Å². The topological polar surface area (TPSA) is 18.5 Å². The van der Waals surface area contributed by atoms with Crippen molar-refractivity contribution in [2.24, 2.45) is 0 Å². The molecule has 1 aliphatic heterocycles. The molecule has 1 aromatic carbocycles. The molecule has 2 heteroatoms. The third kappa shape index (κ3) is 3.69. The fourth-order valence-corrected chi connectivity index (χ4v) is 2.14. The van der Waals surface area contributed by atoms with Crippen LogP contribution in [0, 0.1) is 0 Å². The van der Waals surface area contributed by atoms with Crippen molar-refractivity contribution >= 4 is 0 Å². The number of ether oxygens (including phenoxy) is 2. The van der Waals surface area contributed by atoms with E-state index >= 15 is 0 Å². The number of benzene rings is 1. The van der Waals surface area contributed by atoms with Crippen molar-refractivity contribution in [3.8, 4) is 0 Å². The normalized spacial score (nSPS) is 24.5. The Hall–Kier alpha value is -1.12. The second-order valence-corrected chi connectivity index (χ2v) is 4.36. The van der Waals surface area contributed by atoms with Gasteiger partial charge in [0.15, 0.2) is 0 Å². The van der Waals surface area contributed by atoms with E-state index in [9.17, 15) is 0 Å². The van der Waals surface area contributed by atoms with E-state index in [2.05, 4.69) is 30.8 Å².